The van der Waals surface area contributed by atoms with Gasteiger partial charge in [-0.1, -0.05) is 51.1 Å². The summed E-state index contributed by atoms with van der Waals surface area (Å²) >= 11 is 0. The number of hydrogen-bond acceptors (Lipinski definition) is 1. The van der Waals surface area contributed by atoms with Crippen LogP contribution in [0.1, 0.15) is 32.3 Å². The van der Waals surface area contributed by atoms with Gasteiger partial charge >= 0.3 is 0 Å². The van der Waals surface area contributed by atoms with Gasteiger partial charge in [-0.2, -0.15) is 0 Å². The van der Waals surface area contributed by atoms with Crippen molar-refractivity contribution in [1.82, 2.24) is 5.32 Å². The highest BCUT2D eigenvalue weighted by molar-refractivity contribution is 5.20. The molecule has 0 fully saturated rings. The van der Waals surface area contributed by atoms with Crippen molar-refractivity contribution < 1.29 is 0 Å². The molecular weight excluding hydrogens is 170 g/mol. The van der Waals surface area contributed by atoms with Crippen molar-refractivity contribution in [2.45, 2.75) is 32.7 Å². The smallest absolute Gasteiger partial charge is 0.0153 e. The summed E-state index contributed by atoms with van der Waals surface area (Å²) in [6.07, 6.45) is 0. The molecule has 0 bridgehead atoms. The maximum Gasteiger partial charge on any atom is 0.0153 e. The van der Waals surface area contributed by atoms with Crippen molar-refractivity contribution in [3.8, 4) is 0 Å². The van der Waals surface area contributed by atoms with Crippen LogP contribution in [0.25, 0.3) is 0 Å². The Kier molecular flexibility index (Phi) is 4.15. The maximum atomic E-state index is 3.40. The molecule has 1 rings (SSSR count). The Morgan fingerprint density at radius 3 is 2.00 bits per heavy atom. The third-order valence-electron chi connectivity index (χ3n) is 2.92. The van der Waals surface area contributed by atoms with Gasteiger partial charge in [0.15, 0.2) is 0 Å². The largest absolute Gasteiger partial charge is 0.316 e. The van der Waals surface area contributed by atoms with Gasteiger partial charge in [-0.25, -0.2) is 0 Å². The molecule has 0 heterocycles. The van der Waals surface area contributed by atoms with Crippen LogP contribution >= 0.6 is 0 Å². The fourth-order valence-electron chi connectivity index (χ4n) is 2.12. The topological polar surface area (TPSA) is 12.0 Å². The fourth-order valence-corrected chi connectivity index (χ4v) is 2.12. The monoisotopic (exact) mass is 191 g/mol. The maximum absolute atomic E-state index is 3.40. The molecule has 1 nitrogen and oxygen atoms in total. The van der Waals surface area contributed by atoms with Crippen molar-refractivity contribution in [3.05, 3.63) is 35.9 Å². The minimum absolute atomic E-state index is 0.553. The number of benzene rings is 1. The van der Waals surface area contributed by atoms with Crippen molar-refractivity contribution in [2.75, 3.05) is 7.05 Å². The minimum Gasteiger partial charge on any atom is -0.316 e. The molecule has 1 aromatic rings. The average Bonchev–Trinajstić information content (AvgIpc) is 2.19. The predicted molar refractivity (Wildman–Crippen MR) is 62.5 cm³/mol. The Hall–Kier alpha value is -0.820. The highest BCUT2D eigenvalue weighted by Gasteiger charge is 2.19. The third-order valence-corrected chi connectivity index (χ3v) is 2.92. The van der Waals surface area contributed by atoms with Gasteiger partial charge in [0, 0.05) is 6.04 Å². The molecule has 0 spiro atoms. The summed E-state index contributed by atoms with van der Waals surface area (Å²) in [4.78, 5) is 0. The van der Waals surface area contributed by atoms with E-state index in [1.807, 2.05) is 7.05 Å². The van der Waals surface area contributed by atoms with Crippen LogP contribution < -0.4 is 5.32 Å². The van der Waals surface area contributed by atoms with Gasteiger partial charge in [0.2, 0.25) is 0 Å². The highest BCUT2D eigenvalue weighted by atomic mass is 14.9. The van der Waals surface area contributed by atoms with Crippen LogP contribution in [0.5, 0.6) is 0 Å². The van der Waals surface area contributed by atoms with Crippen LogP contribution in [0, 0.1) is 5.92 Å². The first-order chi connectivity index (χ1) is 6.66. The van der Waals surface area contributed by atoms with Gasteiger partial charge < -0.3 is 5.32 Å². The predicted octanol–water partition coefficient (Wildman–Crippen LogP) is 3.03. The van der Waals surface area contributed by atoms with E-state index >= 15 is 0 Å². The fraction of sp³-hybridized carbons (Fsp3) is 0.538. The van der Waals surface area contributed by atoms with Crippen LogP contribution in [0.15, 0.2) is 30.3 Å². The van der Waals surface area contributed by atoms with Gasteiger partial charge in [-0.3, -0.25) is 0 Å². The molecule has 0 aliphatic rings. The second-order valence-corrected chi connectivity index (χ2v) is 4.26. The van der Waals surface area contributed by atoms with Crippen LogP contribution in [0.4, 0.5) is 0 Å². The Bertz CT molecular complexity index is 253. The Balaban J connectivity index is 2.78. The quantitative estimate of drug-likeness (QED) is 0.771. The molecule has 1 aromatic carbocycles. The van der Waals surface area contributed by atoms with Crippen LogP contribution in [-0.2, 0) is 0 Å². The van der Waals surface area contributed by atoms with Gasteiger partial charge in [-0.05, 0) is 24.4 Å². The molecule has 0 amide bonds. The number of likely N-dealkylation sites (N-methyl/N-ethyl adjacent to an activating group) is 1. The van der Waals surface area contributed by atoms with Gasteiger partial charge in [0.05, 0.1) is 0 Å². The summed E-state index contributed by atoms with van der Waals surface area (Å²) in [6, 6.07) is 11.3. The number of rotatable bonds is 4. The zero-order valence-corrected chi connectivity index (χ0v) is 9.62. The standard InChI is InChI=1S/C13H21N/c1-10(2)13(14-4)11(3)12-8-6-5-7-9-12/h5-11,13-14H,1-4H3. The highest BCUT2D eigenvalue weighted by Crippen LogP contribution is 2.23. The summed E-state index contributed by atoms with van der Waals surface area (Å²) < 4.78 is 0. The van der Waals surface area contributed by atoms with E-state index in [2.05, 4.69) is 56.4 Å². The number of hydrogen-bond donors (Lipinski definition) is 1. The van der Waals surface area contributed by atoms with Gasteiger partial charge in [0.1, 0.15) is 0 Å². The molecule has 0 aliphatic carbocycles. The SMILES string of the molecule is CNC(C(C)C)C(C)c1ccccc1. The van der Waals surface area contributed by atoms with E-state index in [1.165, 1.54) is 5.56 Å². The zero-order valence-electron chi connectivity index (χ0n) is 9.62. The lowest BCUT2D eigenvalue weighted by Gasteiger charge is -2.27. The lowest BCUT2D eigenvalue weighted by molar-refractivity contribution is 0.376. The summed E-state index contributed by atoms with van der Waals surface area (Å²) in [6.45, 7) is 6.82. The molecule has 1 heteroatoms. The molecule has 0 aromatic heterocycles. The van der Waals surface area contributed by atoms with E-state index in [-0.39, 0.29) is 0 Å². The van der Waals surface area contributed by atoms with E-state index in [4.69, 9.17) is 0 Å². The van der Waals surface area contributed by atoms with Crippen LogP contribution in [-0.4, -0.2) is 13.1 Å². The second kappa shape index (κ2) is 5.16. The minimum atomic E-state index is 0.553. The molecule has 2 atom stereocenters. The van der Waals surface area contributed by atoms with Crippen LogP contribution in [0.2, 0.25) is 0 Å². The van der Waals surface area contributed by atoms with E-state index in [1.54, 1.807) is 0 Å². The zero-order chi connectivity index (χ0) is 10.6. The lowest BCUT2D eigenvalue weighted by Crippen LogP contribution is -2.35. The molecule has 0 saturated carbocycles. The van der Waals surface area contributed by atoms with Crippen molar-refractivity contribution in [3.63, 3.8) is 0 Å². The van der Waals surface area contributed by atoms with Crippen molar-refractivity contribution in [1.29, 1.82) is 0 Å². The number of nitrogens with one attached hydrogen (secondary N) is 1. The lowest BCUT2D eigenvalue weighted by atomic mass is 9.87. The van der Waals surface area contributed by atoms with E-state index in [0.717, 1.165) is 0 Å². The van der Waals surface area contributed by atoms with Crippen molar-refractivity contribution in [2.24, 2.45) is 5.92 Å². The average molecular weight is 191 g/mol. The Labute approximate surface area is 87.5 Å². The van der Waals surface area contributed by atoms with Gasteiger partial charge in [-0.15, -0.1) is 0 Å². The molecule has 1 N–H and O–H groups in total. The first kappa shape index (κ1) is 11.3. The molecule has 0 saturated heterocycles. The molecule has 2 unspecified atom stereocenters. The molecule has 78 valence electrons. The normalized spacial score (nSPS) is 15.5. The van der Waals surface area contributed by atoms with Gasteiger partial charge in [0.25, 0.3) is 0 Å². The molecular formula is C13H21N. The molecule has 0 radical (unpaired) electrons. The van der Waals surface area contributed by atoms with Crippen molar-refractivity contribution >= 4 is 0 Å². The summed E-state index contributed by atoms with van der Waals surface area (Å²) in [5.74, 6) is 1.23. The van der Waals surface area contributed by atoms with Crippen LogP contribution in [0.3, 0.4) is 0 Å². The molecule has 14 heavy (non-hydrogen) atoms. The first-order valence-electron chi connectivity index (χ1n) is 5.39. The summed E-state index contributed by atoms with van der Waals surface area (Å²) in [7, 11) is 2.05. The third kappa shape index (κ3) is 2.58. The van der Waals surface area contributed by atoms with E-state index in [9.17, 15) is 0 Å². The summed E-state index contributed by atoms with van der Waals surface area (Å²) in [5.41, 5.74) is 1.42. The first-order valence-corrected chi connectivity index (χ1v) is 5.39. The molecule has 0 aliphatic heterocycles. The Morgan fingerprint density at radius 2 is 1.57 bits per heavy atom. The van der Waals surface area contributed by atoms with E-state index < -0.39 is 0 Å². The van der Waals surface area contributed by atoms with E-state index in [0.29, 0.717) is 17.9 Å². The Morgan fingerprint density at radius 1 is 1.00 bits per heavy atom. The second-order valence-electron chi connectivity index (χ2n) is 4.26. The summed E-state index contributed by atoms with van der Waals surface area (Å²) in [5, 5.41) is 3.40.